The molecule has 0 radical (unpaired) electrons. The van der Waals surface area contributed by atoms with Gasteiger partial charge in [-0.3, -0.25) is 0 Å². The van der Waals surface area contributed by atoms with Crippen LogP contribution < -0.4 is 5.73 Å². The largest absolute Gasteiger partial charge is 0.399 e. The molecule has 2 aromatic carbocycles. The van der Waals surface area contributed by atoms with E-state index in [0.29, 0.717) is 11.3 Å². The quantitative estimate of drug-likeness (QED) is 0.851. The molecule has 0 aliphatic carbocycles. The lowest BCUT2D eigenvalue weighted by atomic mass is 10.2. The third kappa shape index (κ3) is 3.02. The van der Waals surface area contributed by atoms with Crippen molar-refractivity contribution < 1.29 is 0 Å². The van der Waals surface area contributed by atoms with Gasteiger partial charge in [-0.25, -0.2) is 0 Å². The molecular weight excluding hydrogens is 296 g/mol. The number of halogens is 1. The van der Waals surface area contributed by atoms with Gasteiger partial charge in [0.1, 0.15) is 6.07 Å². The Morgan fingerprint density at radius 2 is 1.82 bits per heavy atom. The number of nitriles is 1. The molecule has 2 aromatic rings. The van der Waals surface area contributed by atoms with Crippen LogP contribution in [0.2, 0.25) is 0 Å². The van der Waals surface area contributed by atoms with Crippen molar-refractivity contribution in [2.24, 2.45) is 0 Å². The maximum Gasteiger partial charge on any atom is 0.100 e. The molecule has 17 heavy (non-hydrogen) atoms. The summed E-state index contributed by atoms with van der Waals surface area (Å²) in [6.07, 6.45) is 0. The van der Waals surface area contributed by atoms with Gasteiger partial charge in [0, 0.05) is 20.0 Å². The molecule has 2 nitrogen and oxygen atoms in total. The van der Waals surface area contributed by atoms with Gasteiger partial charge in [0.15, 0.2) is 0 Å². The van der Waals surface area contributed by atoms with Crippen molar-refractivity contribution in [3.63, 3.8) is 0 Å². The predicted octanol–water partition coefficient (Wildman–Crippen LogP) is 4.05. The Morgan fingerprint density at radius 3 is 2.47 bits per heavy atom. The van der Waals surface area contributed by atoms with Gasteiger partial charge < -0.3 is 5.73 Å². The van der Waals surface area contributed by atoms with Gasteiger partial charge in [0.2, 0.25) is 0 Å². The summed E-state index contributed by atoms with van der Waals surface area (Å²) in [7, 11) is 0. The summed E-state index contributed by atoms with van der Waals surface area (Å²) in [5, 5.41) is 9.04. The van der Waals surface area contributed by atoms with Crippen LogP contribution in [-0.4, -0.2) is 0 Å². The Morgan fingerprint density at radius 1 is 1.12 bits per heavy atom. The van der Waals surface area contributed by atoms with Crippen LogP contribution in [0, 0.1) is 11.3 Å². The first kappa shape index (κ1) is 12.0. The topological polar surface area (TPSA) is 49.8 Å². The highest BCUT2D eigenvalue weighted by atomic mass is 79.9. The Hall–Kier alpha value is -1.44. The molecule has 2 N–H and O–H groups in total. The van der Waals surface area contributed by atoms with E-state index < -0.39 is 0 Å². The second kappa shape index (κ2) is 5.26. The average molecular weight is 305 g/mol. The van der Waals surface area contributed by atoms with Gasteiger partial charge in [0.25, 0.3) is 0 Å². The number of nitrogens with zero attached hydrogens (tertiary/aromatic N) is 1. The molecule has 0 aliphatic rings. The van der Waals surface area contributed by atoms with Crippen molar-refractivity contribution in [2.45, 2.75) is 9.79 Å². The zero-order chi connectivity index (χ0) is 12.3. The lowest BCUT2D eigenvalue weighted by Crippen LogP contribution is -1.87. The smallest absolute Gasteiger partial charge is 0.100 e. The molecule has 0 spiro atoms. The number of rotatable bonds is 2. The second-order valence-electron chi connectivity index (χ2n) is 3.42. The summed E-state index contributed by atoms with van der Waals surface area (Å²) in [5.74, 6) is 0. The lowest BCUT2D eigenvalue weighted by molar-refractivity contribution is 1.35. The van der Waals surface area contributed by atoms with Crippen LogP contribution in [0.4, 0.5) is 5.69 Å². The van der Waals surface area contributed by atoms with E-state index in [9.17, 15) is 0 Å². The fourth-order valence-corrected chi connectivity index (χ4v) is 2.49. The first-order valence-electron chi connectivity index (χ1n) is 4.92. The SMILES string of the molecule is N#Cc1cc(N)ccc1Sc1ccc(Br)cc1. The summed E-state index contributed by atoms with van der Waals surface area (Å²) in [4.78, 5) is 2.01. The number of anilines is 1. The van der Waals surface area contributed by atoms with Crippen molar-refractivity contribution in [3.8, 4) is 6.07 Å². The summed E-state index contributed by atoms with van der Waals surface area (Å²) >= 11 is 4.95. The molecule has 0 atom stereocenters. The van der Waals surface area contributed by atoms with Gasteiger partial charge in [-0.2, -0.15) is 5.26 Å². The molecule has 84 valence electrons. The first-order chi connectivity index (χ1) is 8.19. The van der Waals surface area contributed by atoms with Gasteiger partial charge in [-0.05, 0) is 42.5 Å². The van der Waals surface area contributed by atoms with E-state index in [4.69, 9.17) is 11.0 Å². The van der Waals surface area contributed by atoms with Crippen LogP contribution in [0.25, 0.3) is 0 Å². The highest BCUT2D eigenvalue weighted by molar-refractivity contribution is 9.10. The third-order valence-corrected chi connectivity index (χ3v) is 3.78. The van der Waals surface area contributed by atoms with Crippen LogP contribution >= 0.6 is 27.7 Å². The molecule has 0 saturated carbocycles. The minimum atomic E-state index is 0.609. The van der Waals surface area contributed by atoms with E-state index in [2.05, 4.69) is 22.0 Å². The standard InChI is InChI=1S/C13H9BrN2S/c14-10-1-4-12(5-2-10)17-13-6-3-11(16)7-9(13)8-15/h1-7H,16H2. The van der Waals surface area contributed by atoms with Crippen LogP contribution in [0.15, 0.2) is 56.7 Å². The molecule has 0 heterocycles. The fraction of sp³-hybridized carbons (Fsp3) is 0. The number of hydrogen-bond donors (Lipinski definition) is 1. The van der Waals surface area contributed by atoms with Crippen molar-refractivity contribution in [3.05, 3.63) is 52.5 Å². The van der Waals surface area contributed by atoms with Crippen molar-refractivity contribution in [1.29, 1.82) is 5.26 Å². The zero-order valence-electron chi connectivity index (χ0n) is 8.85. The minimum absolute atomic E-state index is 0.609. The second-order valence-corrected chi connectivity index (χ2v) is 5.45. The van der Waals surface area contributed by atoms with E-state index in [1.165, 1.54) is 0 Å². The first-order valence-corrected chi connectivity index (χ1v) is 6.53. The third-order valence-electron chi connectivity index (χ3n) is 2.17. The number of benzene rings is 2. The Labute approximate surface area is 113 Å². The van der Waals surface area contributed by atoms with Gasteiger partial charge in [-0.15, -0.1) is 0 Å². The van der Waals surface area contributed by atoms with Crippen LogP contribution in [0.3, 0.4) is 0 Å². The highest BCUT2D eigenvalue weighted by Crippen LogP contribution is 2.31. The van der Waals surface area contributed by atoms with E-state index in [1.807, 2.05) is 36.4 Å². The highest BCUT2D eigenvalue weighted by Gasteiger charge is 2.04. The summed E-state index contributed by atoms with van der Waals surface area (Å²) in [6, 6.07) is 15.5. The Bertz CT molecular complexity index is 573. The Balaban J connectivity index is 2.30. The maximum atomic E-state index is 9.04. The molecule has 2 rings (SSSR count). The van der Waals surface area contributed by atoms with Crippen molar-refractivity contribution in [1.82, 2.24) is 0 Å². The van der Waals surface area contributed by atoms with Crippen LogP contribution in [0.5, 0.6) is 0 Å². The van der Waals surface area contributed by atoms with Crippen LogP contribution in [0.1, 0.15) is 5.56 Å². The molecule has 0 aliphatic heterocycles. The van der Waals surface area contributed by atoms with Crippen LogP contribution in [-0.2, 0) is 0 Å². The predicted molar refractivity (Wildman–Crippen MR) is 73.8 cm³/mol. The minimum Gasteiger partial charge on any atom is -0.399 e. The summed E-state index contributed by atoms with van der Waals surface area (Å²) in [6.45, 7) is 0. The Kier molecular flexibility index (Phi) is 3.72. The lowest BCUT2D eigenvalue weighted by Gasteiger charge is -2.04. The summed E-state index contributed by atoms with van der Waals surface area (Å²) < 4.78 is 1.04. The number of hydrogen-bond acceptors (Lipinski definition) is 3. The molecule has 0 bridgehead atoms. The zero-order valence-corrected chi connectivity index (χ0v) is 11.3. The molecule has 0 aromatic heterocycles. The maximum absolute atomic E-state index is 9.04. The van der Waals surface area contributed by atoms with Crippen molar-refractivity contribution >= 4 is 33.4 Å². The van der Waals surface area contributed by atoms with Gasteiger partial charge in [0.05, 0.1) is 5.56 Å². The van der Waals surface area contributed by atoms with E-state index in [1.54, 1.807) is 17.8 Å². The fourth-order valence-electron chi connectivity index (χ4n) is 1.35. The molecule has 0 amide bonds. The summed E-state index contributed by atoms with van der Waals surface area (Å²) in [5.41, 5.74) is 6.87. The monoisotopic (exact) mass is 304 g/mol. The van der Waals surface area contributed by atoms with Crippen molar-refractivity contribution in [2.75, 3.05) is 5.73 Å². The molecule has 0 unspecified atom stereocenters. The molecule has 0 saturated heterocycles. The molecular formula is C13H9BrN2S. The average Bonchev–Trinajstić information content (AvgIpc) is 2.34. The number of nitrogens with two attached hydrogens (primary N) is 1. The molecule has 0 fully saturated rings. The van der Waals surface area contributed by atoms with E-state index in [-0.39, 0.29) is 0 Å². The van der Waals surface area contributed by atoms with Gasteiger partial charge >= 0.3 is 0 Å². The van der Waals surface area contributed by atoms with Gasteiger partial charge in [-0.1, -0.05) is 27.7 Å². The molecule has 4 heteroatoms. The van der Waals surface area contributed by atoms with E-state index >= 15 is 0 Å². The van der Waals surface area contributed by atoms with E-state index in [0.717, 1.165) is 14.3 Å². The normalized spacial score (nSPS) is 9.88. The number of nitrogen functional groups attached to an aromatic ring is 1.